The Balaban J connectivity index is 1.62. The van der Waals surface area contributed by atoms with Gasteiger partial charge in [0.05, 0.1) is 18.5 Å². The number of amides is 1. The first-order chi connectivity index (χ1) is 14.0. The summed E-state index contributed by atoms with van der Waals surface area (Å²) in [5.74, 6) is 1.17. The van der Waals surface area contributed by atoms with Crippen molar-refractivity contribution in [3.8, 4) is 22.1 Å². The highest BCUT2D eigenvalue weighted by molar-refractivity contribution is 7.12. The molecule has 4 rings (SSSR count). The van der Waals surface area contributed by atoms with Crippen LogP contribution in [0.2, 0.25) is 0 Å². The minimum absolute atomic E-state index is 0.185. The Morgan fingerprint density at radius 3 is 2.66 bits per heavy atom. The maximum absolute atomic E-state index is 12.6. The molecule has 0 fully saturated rings. The van der Waals surface area contributed by atoms with E-state index in [0.717, 1.165) is 28.3 Å². The number of hydrogen-bond acceptors (Lipinski definition) is 5. The van der Waals surface area contributed by atoms with Crippen molar-refractivity contribution in [2.45, 2.75) is 13.8 Å². The second kappa shape index (κ2) is 7.89. The molecule has 0 aliphatic rings. The topological polar surface area (TPSA) is 69.0 Å². The third-order valence-electron chi connectivity index (χ3n) is 4.43. The average molecular weight is 404 g/mol. The summed E-state index contributed by atoms with van der Waals surface area (Å²) < 4.78 is 6.96. The molecule has 0 unspecified atom stereocenters. The average Bonchev–Trinajstić information content (AvgIpc) is 3.35. The van der Waals surface area contributed by atoms with E-state index in [1.165, 1.54) is 11.3 Å². The molecule has 4 aromatic rings. The molecule has 2 aromatic heterocycles. The highest BCUT2D eigenvalue weighted by Crippen LogP contribution is 2.28. The molecule has 0 saturated heterocycles. The fraction of sp³-hybridized carbons (Fsp3) is 0.136. The first-order valence-electron chi connectivity index (χ1n) is 9.08. The number of nitrogens with one attached hydrogen (secondary N) is 1. The molecule has 146 valence electrons. The van der Waals surface area contributed by atoms with Crippen molar-refractivity contribution in [3.05, 3.63) is 76.8 Å². The third kappa shape index (κ3) is 4.05. The van der Waals surface area contributed by atoms with E-state index in [9.17, 15) is 4.79 Å². The lowest BCUT2D eigenvalue weighted by Crippen LogP contribution is -2.15. The molecule has 1 N–H and O–H groups in total. The van der Waals surface area contributed by atoms with Gasteiger partial charge in [0.1, 0.15) is 11.6 Å². The van der Waals surface area contributed by atoms with Crippen LogP contribution in [0.25, 0.3) is 16.4 Å². The largest absolute Gasteiger partial charge is 0.497 e. The summed E-state index contributed by atoms with van der Waals surface area (Å²) in [5, 5.41) is 10.1. The summed E-state index contributed by atoms with van der Waals surface area (Å²) in [6, 6.07) is 17.0. The fourth-order valence-electron chi connectivity index (χ4n) is 2.90. The first-order valence-corrected chi connectivity index (χ1v) is 9.96. The molecule has 29 heavy (non-hydrogen) atoms. The quantitative estimate of drug-likeness (QED) is 0.515. The molecule has 0 bridgehead atoms. The summed E-state index contributed by atoms with van der Waals surface area (Å²) in [6.45, 7) is 3.87. The zero-order chi connectivity index (χ0) is 20.4. The van der Waals surface area contributed by atoms with Crippen LogP contribution < -0.4 is 10.1 Å². The standard InChI is InChI=1S/C22H20N4O2S/c1-14-7-9-16(10-8-14)21(27)24-20-11-15(2)25-26(20)22-23-19(13-29-22)17-5-4-6-18(12-17)28-3/h4-13H,1-3H3,(H,24,27). The van der Waals surface area contributed by atoms with Crippen LogP contribution in [0.15, 0.2) is 60.0 Å². The van der Waals surface area contributed by atoms with Crippen molar-refractivity contribution in [1.82, 2.24) is 14.8 Å². The lowest BCUT2D eigenvalue weighted by Gasteiger charge is -2.07. The Hall–Kier alpha value is -3.45. The van der Waals surface area contributed by atoms with E-state index < -0.39 is 0 Å². The van der Waals surface area contributed by atoms with Crippen LogP contribution in [0.3, 0.4) is 0 Å². The molecule has 0 aliphatic carbocycles. The Labute approximate surface area is 172 Å². The molecule has 6 nitrogen and oxygen atoms in total. The molecule has 0 aliphatic heterocycles. The smallest absolute Gasteiger partial charge is 0.256 e. The zero-order valence-corrected chi connectivity index (χ0v) is 17.2. The summed E-state index contributed by atoms with van der Waals surface area (Å²) in [7, 11) is 1.64. The van der Waals surface area contributed by atoms with E-state index in [1.807, 2.05) is 73.8 Å². The monoisotopic (exact) mass is 404 g/mol. The number of aryl methyl sites for hydroxylation is 2. The van der Waals surface area contributed by atoms with Crippen LogP contribution in [0, 0.1) is 13.8 Å². The van der Waals surface area contributed by atoms with Crippen LogP contribution in [-0.2, 0) is 0 Å². The Morgan fingerprint density at radius 2 is 1.90 bits per heavy atom. The second-order valence-electron chi connectivity index (χ2n) is 6.65. The van der Waals surface area contributed by atoms with Crippen LogP contribution >= 0.6 is 11.3 Å². The Kier molecular flexibility index (Phi) is 5.14. The van der Waals surface area contributed by atoms with Gasteiger partial charge >= 0.3 is 0 Å². The van der Waals surface area contributed by atoms with Gasteiger partial charge in [-0.2, -0.15) is 9.78 Å². The highest BCUT2D eigenvalue weighted by Gasteiger charge is 2.15. The predicted octanol–water partition coefficient (Wildman–Crippen LogP) is 4.87. The van der Waals surface area contributed by atoms with Crippen LogP contribution in [0.5, 0.6) is 5.75 Å². The number of hydrogen-bond donors (Lipinski definition) is 1. The third-order valence-corrected chi connectivity index (χ3v) is 5.24. The molecule has 0 spiro atoms. The number of benzene rings is 2. The summed E-state index contributed by atoms with van der Waals surface area (Å²) in [4.78, 5) is 17.3. The van der Waals surface area contributed by atoms with Crippen molar-refractivity contribution in [3.63, 3.8) is 0 Å². The number of rotatable bonds is 5. The van der Waals surface area contributed by atoms with Gasteiger partial charge in [0.25, 0.3) is 5.91 Å². The lowest BCUT2D eigenvalue weighted by molar-refractivity contribution is 0.102. The Morgan fingerprint density at radius 1 is 1.10 bits per heavy atom. The van der Waals surface area contributed by atoms with Gasteiger partial charge in [-0.05, 0) is 38.1 Å². The minimum Gasteiger partial charge on any atom is -0.497 e. The zero-order valence-electron chi connectivity index (χ0n) is 16.3. The lowest BCUT2D eigenvalue weighted by atomic mass is 10.1. The molecule has 7 heteroatoms. The van der Waals surface area contributed by atoms with Crippen LogP contribution in [-0.4, -0.2) is 27.8 Å². The predicted molar refractivity (Wildman–Crippen MR) is 115 cm³/mol. The molecular formula is C22H20N4O2S. The van der Waals surface area contributed by atoms with Crippen molar-refractivity contribution >= 4 is 23.1 Å². The minimum atomic E-state index is -0.185. The van der Waals surface area contributed by atoms with Crippen LogP contribution in [0.4, 0.5) is 5.82 Å². The molecule has 1 amide bonds. The van der Waals surface area contributed by atoms with Gasteiger partial charge in [0.2, 0.25) is 5.13 Å². The molecule has 2 heterocycles. The van der Waals surface area contributed by atoms with Gasteiger partial charge in [0, 0.05) is 22.6 Å². The van der Waals surface area contributed by atoms with Gasteiger partial charge < -0.3 is 10.1 Å². The van der Waals surface area contributed by atoms with E-state index in [0.29, 0.717) is 16.5 Å². The van der Waals surface area contributed by atoms with Crippen molar-refractivity contribution in [1.29, 1.82) is 0 Å². The summed E-state index contributed by atoms with van der Waals surface area (Å²) >= 11 is 1.46. The number of methoxy groups -OCH3 is 1. The molecule has 0 saturated carbocycles. The van der Waals surface area contributed by atoms with E-state index in [-0.39, 0.29) is 5.91 Å². The normalized spacial score (nSPS) is 10.7. The highest BCUT2D eigenvalue weighted by atomic mass is 32.1. The summed E-state index contributed by atoms with van der Waals surface area (Å²) in [6.07, 6.45) is 0. The van der Waals surface area contributed by atoms with E-state index in [1.54, 1.807) is 11.8 Å². The molecule has 2 aromatic carbocycles. The number of anilines is 1. The number of carbonyl (C=O) groups is 1. The maximum Gasteiger partial charge on any atom is 0.256 e. The number of ether oxygens (including phenoxy) is 1. The second-order valence-corrected chi connectivity index (χ2v) is 7.49. The van der Waals surface area contributed by atoms with Gasteiger partial charge in [-0.1, -0.05) is 29.8 Å². The van der Waals surface area contributed by atoms with E-state index in [4.69, 9.17) is 9.72 Å². The summed E-state index contributed by atoms with van der Waals surface area (Å²) in [5.41, 5.74) is 4.28. The maximum atomic E-state index is 12.6. The first kappa shape index (κ1) is 18.9. The van der Waals surface area contributed by atoms with Gasteiger partial charge in [0.15, 0.2) is 0 Å². The molecule has 0 radical (unpaired) electrons. The van der Waals surface area contributed by atoms with E-state index >= 15 is 0 Å². The molecular weight excluding hydrogens is 384 g/mol. The Bertz CT molecular complexity index is 1160. The van der Waals surface area contributed by atoms with Gasteiger partial charge in [-0.15, -0.1) is 11.3 Å². The SMILES string of the molecule is COc1cccc(-c2csc(-n3nc(C)cc3NC(=O)c3ccc(C)cc3)n2)c1. The van der Waals surface area contributed by atoms with E-state index in [2.05, 4.69) is 10.4 Å². The fourth-order valence-corrected chi connectivity index (χ4v) is 3.70. The van der Waals surface area contributed by atoms with Crippen LogP contribution in [0.1, 0.15) is 21.6 Å². The number of thiazole rings is 1. The number of aromatic nitrogens is 3. The molecule has 0 atom stereocenters. The number of nitrogens with zero attached hydrogens (tertiary/aromatic N) is 3. The van der Waals surface area contributed by atoms with Crippen molar-refractivity contribution in [2.24, 2.45) is 0 Å². The van der Waals surface area contributed by atoms with Crippen molar-refractivity contribution in [2.75, 3.05) is 12.4 Å². The van der Waals surface area contributed by atoms with Crippen molar-refractivity contribution < 1.29 is 9.53 Å². The van der Waals surface area contributed by atoms with Gasteiger partial charge in [-0.25, -0.2) is 4.98 Å². The van der Waals surface area contributed by atoms with Gasteiger partial charge in [-0.3, -0.25) is 4.79 Å². The number of carbonyl (C=O) groups excluding carboxylic acids is 1.